The third-order valence-electron chi connectivity index (χ3n) is 5.01. The van der Waals surface area contributed by atoms with Gasteiger partial charge in [-0.3, -0.25) is 9.36 Å². The van der Waals surface area contributed by atoms with E-state index in [1.807, 2.05) is 34.9 Å². The fourth-order valence-electron chi connectivity index (χ4n) is 3.08. The van der Waals surface area contributed by atoms with Crippen molar-refractivity contribution in [3.8, 4) is 5.69 Å². The fourth-order valence-corrected chi connectivity index (χ4v) is 4.43. The van der Waals surface area contributed by atoms with Gasteiger partial charge in [0.25, 0.3) is 5.91 Å². The summed E-state index contributed by atoms with van der Waals surface area (Å²) in [6, 6.07) is 13.1. The van der Waals surface area contributed by atoms with Gasteiger partial charge >= 0.3 is 0 Å². The van der Waals surface area contributed by atoms with Crippen molar-refractivity contribution in [2.45, 2.75) is 57.7 Å². The normalized spacial score (nSPS) is 11.6. The van der Waals surface area contributed by atoms with Gasteiger partial charge in [-0.1, -0.05) is 81.2 Å². The van der Waals surface area contributed by atoms with Crippen molar-refractivity contribution in [2.24, 2.45) is 0 Å². The van der Waals surface area contributed by atoms with Gasteiger partial charge in [0.2, 0.25) is 0 Å². The molecule has 0 radical (unpaired) electrons. The van der Waals surface area contributed by atoms with Crippen molar-refractivity contribution in [2.75, 3.05) is 5.75 Å². The molecule has 3 rings (SSSR count). The van der Waals surface area contributed by atoms with Crippen LogP contribution in [0.1, 0.15) is 62.3 Å². The molecule has 0 unspecified atom stereocenters. The number of hydrogen-bond acceptors (Lipinski definition) is 4. The molecule has 0 atom stereocenters. The number of benzene rings is 2. The second-order valence-corrected chi connectivity index (χ2v) is 10.4. The number of nitrogens with zero attached hydrogens (tertiary/aromatic N) is 3. The Morgan fingerprint density at radius 1 is 1.06 bits per heavy atom. The third-order valence-corrected chi connectivity index (χ3v) is 6.77. The molecule has 1 heterocycles. The van der Waals surface area contributed by atoms with Crippen LogP contribution < -0.4 is 5.32 Å². The summed E-state index contributed by atoms with van der Waals surface area (Å²) < 4.78 is 1.92. The van der Waals surface area contributed by atoms with E-state index < -0.39 is 0 Å². The Balaban J connectivity index is 1.81. The lowest BCUT2D eigenvalue weighted by atomic mass is 9.87. The van der Waals surface area contributed by atoms with Crippen LogP contribution in [0.25, 0.3) is 5.69 Å². The highest BCUT2D eigenvalue weighted by Crippen LogP contribution is 2.28. The molecule has 0 aliphatic carbocycles. The second kappa shape index (κ2) is 10.7. The molecule has 1 aromatic heterocycles. The molecular weight excluding hydrogens is 463 g/mol. The number of carbonyl (C=O) groups excluding carboxylic acids is 1. The predicted octanol–water partition coefficient (Wildman–Crippen LogP) is 6.69. The van der Waals surface area contributed by atoms with Crippen LogP contribution in [0.4, 0.5) is 0 Å². The van der Waals surface area contributed by atoms with Crippen molar-refractivity contribution in [1.82, 2.24) is 20.1 Å². The molecule has 1 N–H and O–H groups in total. The molecule has 0 saturated heterocycles. The van der Waals surface area contributed by atoms with Crippen LogP contribution in [-0.4, -0.2) is 26.4 Å². The summed E-state index contributed by atoms with van der Waals surface area (Å²) in [6.07, 6.45) is 2.18. The Labute approximate surface area is 203 Å². The monoisotopic (exact) mass is 490 g/mol. The highest BCUT2D eigenvalue weighted by atomic mass is 35.5. The van der Waals surface area contributed by atoms with E-state index in [0.29, 0.717) is 21.4 Å². The zero-order chi connectivity index (χ0) is 23.3. The van der Waals surface area contributed by atoms with Crippen LogP contribution in [0, 0.1) is 0 Å². The molecule has 0 spiro atoms. The quantitative estimate of drug-likeness (QED) is 0.282. The van der Waals surface area contributed by atoms with Gasteiger partial charge in [-0.25, -0.2) is 0 Å². The Kier molecular flexibility index (Phi) is 8.26. The number of rotatable bonds is 8. The SMILES string of the molecule is CCCCSc1nnc(CNC(=O)c2ccc(C(C)(C)C)cc2)n1-c1ccc(Cl)c(Cl)c1. The molecule has 0 saturated carbocycles. The lowest BCUT2D eigenvalue weighted by Gasteiger charge is -2.19. The molecule has 0 fully saturated rings. The average molecular weight is 491 g/mol. The minimum absolute atomic E-state index is 0.0388. The summed E-state index contributed by atoms with van der Waals surface area (Å²) in [4.78, 5) is 12.7. The zero-order valence-corrected chi connectivity index (χ0v) is 21.1. The number of unbranched alkanes of at least 4 members (excludes halogenated alkanes) is 1. The molecule has 0 aliphatic rings. The first kappa shape index (κ1) is 24.6. The van der Waals surface area contributed by atoms with E-state index in [4.69, 9.17) is 23.2 Å². The van der Waals surface area contributed by atoms with Crippen LogP contribution in [0.5, 0.6) is 0 Å². The largest absolute Gasteiger partial charge is 0.345 e. The van der Waals surface area contributed by atoms with E-state index in [2.05, 4.69) is 43.2 Å². The second-order valence-electron chi connectivity index (χ2n) is 8.54. The van der Waals surface area contributed by atoms with E-state index in [1.165, 1.54) is 5.56 Å². The van der Waals surface area contributed by atoms with Crippen molar-refractivity contribution in [3.05, 3.63) is 69.5 Å². The number of hydrogen-bond donors (Lipinski definition) is 1. The summed E-state index contributed by atoms with van der Waals surface area (Å²) in [7, 11) is 0. The minimum Gasteiger partial charge on any atom is -0.345 e. The smallest absolute Gasteiger partial charge is 0.251 e. The highest BCUT2D eigenvalue weighted by Gasteiger charge is 2.18. The Morgan fingerprint density at radius 2 is 1.78 bits per heavy atom. The molecule has 3 aromatic rings. The van der Waals surface area contributed by atoms with Crippen LogP contribution in [-0.2, 0) is 12.0 Å². The number of thioether (sulfide) groups is 1. The number of aromatic nitrogens is 3. The molecule has 32 heavy (non-hydrogen) atoms. The molecule has 5 nitrogen and oxygen atoms in total. The van der Waals surface area contributed by atoms with Crippen LogP contribution in [0.3, 0.4) is 0 Å². The first-order valence-corrected chi connectivity index (χ1v) is 12.4. The molecule has 1 amide bonds. The van der Waals surface area contributed by atoms with Crippen LogP contribution >= 0.6 is 35.0 Å². The Morgan fingerprint density at radius 3 is 2.41 bits per heavy atom. The number of carbonyl (C=O) groups is 1. The van der Waals surface area contributed by atoms with E-state index in [-0.39, 0.29) is 17.9 Å². The summed E-state index contributed by atoms with van der Waals surface area (Å²) >= 11 is 14.0. The van der Waals surface area contributed by atoms with Gasteiger partial charge in [-0.15, -0.1) is 10.2 Å². The van der Waals surface area contributed by atoms with Crippen molar-refractivity contribution < 1.29 is 4.79 Å². The molecule has 0 aliphatic heterocycles. The maximum atomic E-state index is 12.7. The van der Waals surface area contributed by atoms with Crippen molar-refractivity contribution in [1.29, 1.82) is 0 Å². The minimum atomic E-state index is -0.158. The molecule has 8 heteroatoms. The van der Waals surface area contributed by atoms with Gasteiger partial charge in [0.15, 0.2) is 11.0 Å². The molecule has 0 bridgehead atoms. The standard InChI is InChI=1S/C24H28Cl2N4OS/c1-5-6-13-32-23-29-28-21(30(23)18-11-12-19(25)20(26)14-18)15-27-22(31)16-7-9-17(10-8-16)24(2,3)4/h7-12,14H,5-6,13,15H2,1-4H3,(H,27,31). The first-order valence-electron chi connectivity index (χ1n) is 10.6. The predicted molar refractivity (Wildman–Crippen MR) is 133 cm³/mol. The maximum absolute atomic E-state index is 12.7. The topological polar surface area (TPSA) is 59.8 Å². The summed E-state index contributed by atoms with van der Waals surface area (Å²) in [6.45, 7) is 8.83. The van der Waals surface area contributed by atoms with Crippen molar-refractivity contribution >= 4 is 40.9 Å². The maximum Gasteiger partial charge on any atom is 0.251 e. The molecule has 2 aromatic carbocycles. The summed E-state index contributed by atoms with van der Waals surface area (Å²) in [5.74, 6) is 1.40. The van der Waals surface area contributed by atoms with Crippen LogP contribution in [0.2, 0.25) is 10.0 Å². The van der Waals surface area contributed by atoms with Gasteiger partial charge < -0.3 is 5.32 Å². The lowest BCUT2D eigenvalue weighted by molar-refractivity contribution is 0.0949. The van der Waals surface area contributed by atoms with Crippen molar-refractivity contribution in [3.63, 3.8) is 0 Å². The number of amides is 1. The third kappa shape index (κ3) is 6.06. The van der Waals surface area contributed by atoms with E-state index in [0.717, 1.165) is 29.4 Å². The number of nitrogens with one attached hydrogen (secondary N) is 1. The molecular formula is C24H28Cl2N4OS. The lowest BCUT2D eigenvalue weighted by Crippen LogP contribution is -2.25. The first-order chi connectivity index (χ1) is 15.2. The number of halogens is 2. The average Bonchev–Trinajstić information content (AvgIpc) is 3.16. The van der Waals surface area contributed by atoms with E-state index >= 15 is 0 Å². The highest BCUT2D eigenvalue weighted by molar-refractivity contribution is 7.99. The Bertz CT molecular complexity index is 1070. The summed E-state index contributed by atoms with van der Waals surface area (Å²) in [5.41, 5.74) is 2.64. The van der Waals surface area contributed by atoms with Gasteiger partial charge in [0, 0.05) is 11.3 Å². The van der Waals surface area contributed by atoms with Gasteiger partial charge in [-0.2, -0.15) is 0 Å². The van der Waals surface area contributed by atoms with E-state index in [9.17, 15) is 4.79 Å². The van der Waals surface area contributed by atoms with E-state index in [1.54, 1.807) is 23.9 Å². The zero-order valence-electron chi connectivity index (χ0n) is 18.8. The van der Waals surface area contributed by atoms with Gasteiger partial charge in [0.05, 0.1) is 22.3 Å². The van der Waals surface area contributed by atoms with Gasteiger partial charge in [0.1, 0.15) is 0 Å². The fraction of sp³-hybridized carbons (Fsp3) is 0.375. The van der Waals surface area contributed by atoms with Crippen LogP contribution in [0.15, 0.2) is 47.6 Å². The summed E-state index contributed by atoms with van der Waals surface area (Å²) in [5, 5.41) is 13.3. The Hall–Kier alpha value is -2.02. The van der Waals surface area contributed by atoms with Gasteiger partial charge in [-0.05, 0) is 47.7 Å². The molecule has 170 valence electrons.